The first kappa shape index (κ1) is 11.4. The van der Waals surface area contributed by atoms with Crippen LogP contribution in [0, 0.1) is 10.1 Å². The fourth-order valence-corrected chi connectivity index (χ4v) is 1.74. The van der Waals surface area contributed by atoms with Crippen LogP contribution in [0.2, 0.25) is 10.0 Å². The van der Waals surface area contributed by atoms with Gasteiger partial charge in [-0.25, -0.2) is 0 Å². The lowest BCUT2D eigenvalue weighted by molar-refractivity contribution is -0.384. The summed E-state index contributed by atoms with van der Waals surface area (Å²) >= 11 is 11.6. The fourth-order valence-electron chi connectivity index (χ4n) is 1.41. The van der Waals surface area contributed by atoms with Gasteiger partial charge in [0.25, 0.3) is 5.69 Å². The van der Waals surface area contributed by atoms with E-state index in [1.54, 1.807) is 0 Å². The highest BCUT2D eigenvalue weighted by Gasteiger charge is 2.22. The predicted molar refractivity (Wildman–Crippen MR) is 63.4 cm³/mol. The van der Waals surface area contributed by atoms with Crippen LogP contribution in [-0.2, 0) is 0 Å². The van der Waals surface area contributed by atoms with E-state index in [1.165, 1.54) is 12.1 Å². The van der Waals surface area contributed by atoms with Gasteiger partial charge in [0.1, 0.15) is 5.69 Å². The number of hydrogen-bond donors (Lipinski definition) is 2. The van der Waals surface area contributed by atoms with Crippen LogP contribution >= 0.6 is 23.2 Å². The van der Waals surface area contributed by atoms with Crippen molar-refractivity contribution in [2.24, 2.45) is 0 Å². The molecule has 0 aliphatic carbocycles. The topological polar surface area (TPSA) is 67.2 Å². The molecule has 1 aromatic rings. The van der Waals surface area contributed by atoms with Gasteiger partial charge in [0.05, 0.1) is 21.0 Å². The monoisotopic (exact) mass is 261 g/mol. The lowest BCUT2D eigenvalue weighted by atomic mass is 10.1. The molecule has 0 bridgehead atoms. The van der Waals surface area contributed by atoms with Crippen LogP contribution in [0.3, 0.4) is 0 Å². The van der Waals surface area contributed by atoms with Crippen molar-refractivity contribution in [1.29, 1.82) is 0 Å². The van der Waals surface area contributed by atoms with Crippen molar-refractivity contribution in [2.45, 2.75) is 6.04 Å². The Hall–Kier alpha value is -1.04. The van der Waals surface area contributed by atoms with E-state index in [4.69, 9.17) is 23.2 Å². The van der Waals surface area contributed by atoms with E-state index in [2.05, 4.69) is 10.6 Å². The van der Waals surface area contributed by atoms with Gasteiger partial charge >= 0.3 is 0 Å². The van der Waals surface area contributed by atoms with Crippen LogP contribution in [0.4, 0.5) is 11.4 Å². The molecule has 2 rings (SSSR count). The number of nitrogens with one attached hydrogen (secondary N) is 2. The first-order valence-corrected chi connectivity index (χ1v) is 5.44. The largest absolute Gasteiger partial charge is 0.374 e. The van der Waals surface area contributed by atoms with Crippen LogP contribution in [-0.4, -0.2) is 24.1 Å². The van der Waals surface area contributed by atoms with E-state index in [1.807, 2.05) is 0 Å². The molecular weight excluding hydrogens is 253 g/mol. The Bertz CT molecular complexity index is 435. The summed E-state index contributed by atoms with van der Waals surface area (Å²) in [6.07, 6.45) is 0. The summed E-state index contributed by atoms with van der Waals surface area (Å²) in [5.74, 6) is 0. The highest BCUT2D eigenvalue weighted by atomic mass is 35.5. The lowest BCUT2D eigenvalue weighted by Gasteiger charge is -2.28. The second-order valence-electron chi connectivity index (χ2n) is 3.54. The maximum absolute atomic E-state index is 10.8. The molecule has 0 aromatic heterocycles. The SMILES string of the molecule is O=[N+]([O-])c1cc(Cl)c(Cl)cc1NC1CNC1. The van der Waals surface area contributed by atoms with Gasteiger partial charge in [-0.1, -0.05) is 23.2 Å². The summed E-state index contributed by atoms with van der Waals surface area (Å²) < 4.78 is 0. The maximum atomic E-state index is 10.8. The van der Waals surface area contributed by atoms with E-state index in [0.29, 0.717) is 10.7 Å². The predicted octanol–water partition coefficient (Wildman–Crippen LogP) is 2.29. The third-order valence-corrected chi connectivity index (χ3v) is 3.10. The minimum absolute atomic E-state index is 0.0544. The Labute approximate surface area is 102 Å². The molecule has 0 atom stereocenters. The number of anilines is 1. The lowest BCUT2D eigenvalue weighted by Crippen LogP contribution is -2.51. The summed E-state index contributed by atoms with van der Waals surface area (Å²) in [5.41, 5.74) is 0.354. The molecule has 1 saturated heterocycles. The van der Waals surface area contributed by atoms with Crippen LogP contribution < -0.4 is 10.6 Å². The number of rotatable bonds is 3. The molecule has 2 N–H and O–H groups in total. The van der Waals surface area contributed by atoms with E-state index in [-0.39, 0.29) is 16.8 Å². The zero-order valence-corrected chi connectivity index (χ0v) is 9.68. The normalized spacial score (nSPS) is 15.6. The number of nitro benzene ring substituents is 1. The summed E-state index contributed by atoms with van der Waals surface area (Å²) in [7, 11) is 0. The number of nitro groups is 1. The minimum Gasteiger partial charge on any atom is -0.374 e. The number of halogens is 2. The molecule has 16 heavy (non-hydrogen) atoms. The van der Waals surface area contributed by atoms with Crippen molar-refractivity contribution in [2.75, 3.05) is 18.4 Å². The van der Waals surface area contributed by atoms with Crippen LogP contribution in [0.1, 0.15) is 0 Å². The van der Waals surface area contributed by atoms with Crippen molar-refractivity contribution in [3.8, 4) is 0 Å². The van der Waals surface area contributed by atoms with E-state index < -0.39 is 4.92 Å². The Balaban J connectivity index is 2.32. The van der Waals surface area contributed by atoms with Crippen molar-refractivity contribution >= 4 is 34.6 Å². The summed E-state index contributed by atoms with van der Waals surface area (Å²) in [6, 6.07) is 2.95. The second kappa shape index (κ2) is 4.45. The number of nitrogens with zero attached hydrogens (tertiary/aromatic N) is 1. The van der Waals surface area contributed by atoms with Crippen LogP contribution in [0.25, 0.3) is 0 Å². The zero-order valence-electron chi connectivity index (χ0n) is 8.17. The highest BCUT2D eigenvalue weighted by molar-refractivity contribution is 6.42. The first-order valence-electron chi connectivity index (χ1n) is 4.68. The molecule has 1 aliphatic rings. The molecule has 1 heterocycles. The molecule has 86 valence electrons. The molecule has 5 nitrogen and oxygen atoms in total. The minimum atomic E-state index is -0.476. The molecule has 0 saturated carbocycles. The fraction of sp³-hybridized carbons (Fsp3) is 0.333. The van der Waals surface area contributed by atoms with Gasteiger partial charge in [0.15, 0.2) is 0 Å². The number of benzene rings is 1. The van der Waals surface area contributed by atoms with Crippen molar-refractivity contribution in [3.05, 3.63) is 32.3 Å². The Morgan fingerprint density at radius 1 is 1.38 bits per heavy atom. The van der Waals surface area contributed by atoms with Gasteiger partial charge in [-0.15, -0.1) is 0 Å². The Morgan fingerprint density at radius 3 is 2.50 bits per heavy atom. The Morgan fingerprint density at radius 2 is 2.00 bits per heavy atom. The molecule has 0 spiro atoms. The summed E-state index contributed by atoms with van der Waals surface area (Å²) in [6.45, 7) is 1.58. The smallest absolute Gasteiger partial charge is 0.293 e. The van der Waals surface area contributed by atoms with Gasteiger partial charge in [0, 0.05) is 19.2 Å². The summed E-state index contributed by atoms with van der Waals surface area (Å²) in [4.78, 5) is 10.3. The third-order valence-electron chi connectivity index (χ3n) is 2.38. The zero-order chi connectivity index (χ0) is 11.7. The van der Waals surface area contributed by atoms with E-state index in [9.17, 15) is 10.1 Å². The molecule has 1 aromatic carbocycles. The Kier molecular flexibility index (Phi) is 3.18. The molecule has 1 aliphatic heterocycles. The summed E-state index contributed by atoms with van der Waals surface area (Å²) in [5, 5.41) is 17.4. The van der Waals surface area contributed by atoms with E-state index >= 15 is 0 Å². The van der Waals surface area contributed by atoms with Crippen molar-refractivity contribution in [3.63, 3.8) is 0 Å². The van der Waals surface area contributed by atoms with Crippen LogP contribution in [0.5, 0.6) is 0 Å². The second-order valence-corrected chi connectivity index (χ2v) is 4.35. The highest BCUT2D eigenvalue weighted by Crippen LogP contribution is 2.34. The first-order chi connectivity index (χ1) is 7.58. The number of hydrogen-bond acceptors (Lipinski definition) is 4. The van der Waals surface area contributed by atoms with Gasteiger partial charge < -0.3 is 10.6 Å². The third kappa shape index (κ3) is 2.21. The average Bonchev–Trinajstić information content (AvgIpc) is 2.16. The molecule has 0 radical (unpaired) electrons. The van der Waals surface area contributed by atoms with Crippen molar-refractivity contribution < 1.29 is 4.92 Å². The van der Waals surface area contributed by atoms with Gasteiger partial charge in [-0.2, -0.15) is 0 Å². The van der Waals surface area contributed by atoms with Crippen LogP contribution in [0.15, 0.2) is 12.1 Å². The van der Waals surface area contributed by atoms with Gasteiger partial charge in [-0.3, -0.25) is 10.1 Å². The average molecular weight is 262 g/mol. The molecule has 0 unspecified atom stereocenters. The molecule has 0 amide bonds. The molecule has 7 heteroatoms. The standard InChI is InChI=1S/C9H9Cl2N3O2/c10-6-1-8(13-5-3-12-4-5)9(14(15)16)2-7(6)11/h1-2,5,12-13H,3-4H2. The van der Waals surface area contributed by atoms with E-state index in [0.717, 1.165) is 13.1 Å². The van der Waals surface area contributed by atoms with Gasteiger partial charge in [-0.05, 0) is 6.07 Å². The molecule has 1 fully saturated rings. The maximum Gasteiger partial charge on any atom is 0.293 e. The van der Waals surface area contributed by atoms with Gasteiger partial charge in [0.2, 0.25) is 0 Å². The quantitative estimate of drug-likeness (QED) is 0.647. The van der Waals surface area contributed by atoms with Crippen molar-refractivity contribution in [1.82, 2.24) is 5.32 Å². The molecular formula is C9H9Cl2N3O2.